The Kier molecular flexibility index (Phi) is 4.97. The summed E-state index contributed by atoms with van der Waals surface area (Å²) in [7, 11) is -3.23. The van der Waals surface area contributed by atoms with E-state index in [0.717, 1.165) is 28.1 Å². The quantitative estimate of drug-likeness (QED) is 0.709. The van der Waals surface area contributed by atoms with E-state index >= 15 is 0 Å². The lowest BCUT2D eigenvalue weighted by Gasteiger charge is -2.26. The van der Waals surface area contributed by atoms with Crippen LogP contribution in [0.5, 0.6) is 0 Å². The smallest absolute Gasteiger partial charge is 0.220 e. The fourth-order valence-electron chi connectivity index (χ4n) is 3.43. The molecule has 1 unspecified atom stereocenters. The van der Waals surface area contributed by atoms with Crippen molar-refractivity contribution in [1.82, 2.24) is 10.3 Å². The third kappa shape index (κ3) is 3.89. The summed E-state index contributed by atoms with van der Waals surface area (Å²) in [6.07, 6.45) is 2.31. The number of hydrogen-bond donors (Lipinski definition) is 1. The number of aryl methyl sites for hydroxylation is 1. The zero-order valence-corrected chi connectivity index (χ0v) is 16.4. The van der Waals surface area contributed by atoms with Crippen LogP contribution in [0.2, 0.25) is 0 Å². The molecule has 0 fully saturated rings. The summed E-state index contributed by atoms with van der Waals surface area (Å²) >= 11 is 1.67. The van der Waals surface area contributed by atoms with Crippen molar-refractivity contribution in [3.8, 4) is 0 Å². The number of benzene rings is 2. The first kappa shape index (κ1) is 18.1. The summed E-state index contributed by atoms with van der Waals surface area (Å²) in [5.41, 5.74) is 1.70. The average molecular weight is 401 g/mol. The molecule has 5 nitrogen and oxygen atoms in total. The number of para-hydroxylation sites is 1. The van der Waals surface area contributed by atoms with E-state index in [1.165, 1.54) is 0 Å². The Morgan fingerprint density at radius 2 is 1.93 bits per heavy atom. The molecular weight excluding hydrogens is 380 g/mol. The zero-order valence-electron chi connectivity index (χ0n) is 14.7. The molecule has 4 rings (SSSR count). The Morgan fingerprint density at radius 3 is 2.78 bits per heavy atom. The van der Waals surface area contributed by atoms with Crippen LogP contribution in [0.3, 0.4) is 0 Å². The molecule has 0 spiro atoms. The zero-order chi connectivity index (χ0) is 18.9. The Balaban J connectivity index is 1.36. The number of nitrogens with zero attached hydrogens (tertiary/aromatic N) is 1. The highest BCUT2D eigenvalue weighted by Gasteiger charge is 2.30. The van der Waals surface area contributed by atoms with Crippen molar-refractivity contribution in [2.75, 3.05) is 5.75 Å². The first-order valence-corrected chi connectivity index (χ1v) is 11.5. The van der Waals surface area contributed by atoms with Gasteiger partial charge in [0, 0.05) is 6.42 Å². The number of rotatable bonds is 5. The monoisotopic (exact) mass is 400 g/mol. The Labute approximate surface area is 162 Å². The van der Waals surface area contributed by atoms with Gasteiger partial charge in [-0.2, -0.15) is 0 Å². The second-order valence-electron chi connectivity index (χ2n) is 6.69. The van der Waals surface area contributed by atoms with Crippen LogP contribution in [0, 0.1) is 0 Å². The van der Waals surface area contributed by atoms with Crippen molar-refractivity contribution in [2.24, 2.45) is 0 Å². The van der Waals surface area contributed by atoms with E-state index < -0.39 is 9.84 Å². The average Bonchev–Trinajstić information content (AvgIpc) is 3.07. The van der Waals surface area contributed by atoms with Crippen LogP contribution in [0.4, 0.5) is 0 Å². The number of hydrogen-bond acceptors (Lipinski definition) is 5. The molecule has 3 aromatic rings. The van der Waals surface area contributed by atoms with Crippen molar-refractivity contribution in [2.45, 2.75) is 36.6 Å². The summed E-state index contributed by atoms with van der Waals surface area (Å²) in [6.45, 7) is 0. The Morgan fingerprint density at radius 1 is 1.15 bits per heavy atom. The molecule has 1 amide bonds. The summed E-state index contributed by atoms with van der Waals surface area (Å²) in [5, 5.41) is 4.05. The molecule has 0 saturated heterocycles. The number of fused-ring (bicyclic) bond motifs is 2. The highest BCUT2D eigenvalue weighted by Crippen LogP contribution is 2.32. The number of thiazole rings is 1. The molecule has 7 heteroatoms. The first-order chi connectivity index (χ1) is 13.0. The molecule has 2 heterocycles. The van der Waals surface area contributed by atoms with Crippen LogP contribution >= 0.6 is 11.3 Å². The maximum atomic E-state index is 12.4. The van der Waals surface area contributed by atoms with E-state index in [-0.39, 0.29) is 17.7 Å². The number of aromatic nitrogens is 1. The molecule has 0 radical (unpaired) electrons. The van der Waals surface area contributed by atoms with Gasteiger partial charge in [0.15, 0.2) is 9.84 Å². The van der Waals surface area contributed by atoms with Crippen LogP contribution in [0.15, 0.2) is 53.4 Å². The van der Waals surface area contributed by atoms with E-state index in [4.69, 9.17) is 0 Å². The van der Waals surface area contributed by atoms with Gasteiger partial charge in [0.25, 0.3) is 0 Å². The van der Waals surface area contributed by atoms with Gasteiger partial charge in [-0.3, -0.25) is 4.79 Å². The van der Waals surface area contributed by atoms with Gasteiger partial charge in [0.1, 0.15) is 0 Å². The van der Waals surface area contributed by atoms with Crippen molar-refractivity contribution in [1.29, 1.82) is 0 Å². The standard InChI is InChI=1S/C20H20N2O3S2/c23-19(10-5-11-20-22-16-7-2-3-8-17(16)26-20)21-15-12-13-27(24,25)18-9-4-1-6-14(15)18/h1-4,6-9,15H,5,10-13H2,(H,21,23). The molecule has 0 aliphatic carbocycles. The largest absolute Gasteiger partial charge is 0.349 e. The molecule has 1 aliphatic rings. The number of sulfone groups is 1. The van der Waals surface area contributed by atoms with Crippen LogP contribution in [0.25, 0.3) is 10.2 Å². The number of carbonyl (C=O) groups is 1. The minimum absolute atomic E-state index is 0.0461. The third-order valence-corrected chi connectivity index (χ3v) is 7.68. The van der Waals surface area contributed by atoms with Crippen molar-refractivity contribution < 1.29 is 13.2 Å². The van der Waals surface area contributed by atoms with Crippen LogP contribution < -0.4 is 5.32 Å². The lowest BCUT2D eigenvalue weighted by Crippen LogP contribution is -2.33. The number of carbonyl (C=O) groups excluding carboxylic acids is 1. The summed E-state index contributed by atoms with van der Waals surface area (Å²) in [5.74, 6) is 0.0240. The van der Waals surface area contributed by atoms with E-state index in [1.54, 1.807) is 29.5 Å². The normalized spacial score (nSPS) is 18.1. The Hall–Kier alpha value is -2.25. The second-order valence-corrected chi connectivity index (χ2v) is 9.89. The molecule has 0 saturated carbocycles. The van der Waals surface area contributed by atoms with E-state index in [1.807, 2.05) is 24.3 Å². The van der Waals surface area contributed by atoms with Crippen molar-refractivity contribution in [3.63, 3.8) is 0 Å². The van der Waals surface area contributed by atoms with Crippen LogP contribution in [-0.2, 0) is 21.1 Å². The van der Waals surface area contributed by atoms with Gasteiger partial charge in [0.05, 0.1) is 31.9 Å². The predicted octanol–water partition coefficient (Wildman–Crippen LogP) is 3.65. The maximum Gasteiger partial charge on any atom is 0.220 e. The molecule has 0 bridgehead atoms. The second kappa shape index (κ2) is 7.40. The lowest BCUT2D eigenvalue weighted by molar-refractivity contribution is -0.122. The van der Waals surface area contributed by atoms with Gasteiger partial charge in [-0.1, -0.05) is 30.3 Å². The van der Waals surface area contributed by atoms with Crippen LogP contribution in [-0.4, -0.2) is 25.1 Å². The molecular formula is C20H20N2O3S2. The molecule has 1 N–H and O–H groups in total. The van der Waals surface area contributed by atoms with Crippen LogP contribution in [0.1, 0.15) is 35.9 Å². The summed E-state index contributed by atoms with van der Waals surface area (Å²) < 4.78 is 25.5. The minimum atomic E-state index is -3.23. The van der Waals surface area contributed by atoms with Gasteiger partial charge < -0.3 is 5.32 Å². The van der Waals surface area contributed by atoms with E-state index in [9.17, 15) is 13.2 Å². The Bertz CT molecular complexity index is 1060. The third-order valence-electron chi connectivity index (χ3n) is 4.77. The van der Waals surface area contributed by atoms with Gasteiger partial charge in [-0.15, -0.1) is 11.3 Å². The van der Waals surface area contributed by atoms with Gasteiger partial charge in [-0.25, -0.2) is 13.4 Å². The fourth-order valence-corrected chi connectivity index (χ4v) is 6.06. The maximum absolute atomic E-state index is 12.4. The molecule has 2 aromatic carbocycles. The predicted molar refractivity (Wildman–Crippen MR) is 107 cm³/mol. The highest BCUT2D eigenvalue weighted by molar-refractivity contribution is 7.91. The fraction of sp³-hybridized carbons (Fsp3) is 0.300. The van der Waals surface area contributed by atoms with Gasteiger partial charge >= 0.3 is 0 Å². The SMILES string of the molecule is O=C(CCCc1nc2ccccc2s1)NC1CCS(=O)(=O)c2ccccc21. The van der Waals surface area contributed by atoms with Gasteiger partial charge in [0.2, 0.25) is 5.91 Å². The van der Waals surface area contributed by atoms with Gasteiger partial charge in [-0.05, 0) is 43.0 Å². The molecule has 1 aromatic heterocycles. The van der Waals surface area contributed by atoms with Crippen molar-refractivity contribution >= 4 is 37.3 Å². The van der Waals surface area contributed by atoms with E-state index in [2.05, 4.69) is 16.4 Å². The van der Waals surface area contributed by atoms with E-state index in [0.29, 0.717) is 23.3 Å². The summed E-state index contributed by atoms with van der Waals surface area (Å²) in [4.78, 5) is 17.3. The molecule has 27 heavy (non-hydrogen) atoms. The topological polar surface area (TPSA) is 76.1 Å². The number of amides is 1. The highest BCUT2D eigenvalue weighted by atomic mass is 32.2. The number of nitrogens with one attached hydrogen (secondary N) is 1. The molecule has 1 aliphatic heterocycles. The minimum Gasteiger partial charge on any atom is -0.349 e. The van der Waals surface area contributed by atoms with Crippen molar-refractivity contribution in [3.05, 3.63) is 59.1 Å². The lowest BCUT2D eigenvalue weighted by atomic mass is 10.0. The molecule has 1 atom stereocenters. The first-order valence-electron chi connectivity index (χ1n) is 8.98. The molecule has 140 valence electrons. The summed E-state index contributed by atoms with van der Waals surface area (Å²) in [6, 6.07) is 14.7.